The highest BCUT2D eigenvalue weighted by atomic mass is 32.2. The summed E-state index contributed by atoms with van der Waals surface area (Å²) in [5.74, 6) is -1.16. The van der Waals surface area contributed by atoms with Gasteiger partial charge in [-0.1, -0.05) is 18.2 Å². The molecule has 2 N–H and O–H groups in total. The molecule has 0 fully saturated rings. The summed E-state index contributed by atoms with van der Waals surface area (Å²) in [5.41, 5.74) is 0.757. The maximum Gasteiger partial charge on any atom is 0.339 e. The van der Waals surface area contributed by atoms with E-state index < -0.39 is 20.9 Å². The van der Waals surface area contributed by atoms with Crippen LogP contribution in [0.5, 0.6) is 5.75 Å². The van der Waals surface area contributed by atoms with Crippen molar-refractivity contribution in [3.05, 3.63) is 93.5 Å². The highest BCUT2D eigenvalue weighted by Crippen LogP contribution is 2.26. The largest absolute Gasteiger partial charge is 0.379 e. The number of anilines is 2. The predicted molar refractivity (Wildman–Crippen MR) is 135 cm³/mol. The lowest BCUT2D eigenvalue weighted by Crippen LogP contribution is -2.14. The smallest absolute Gasteiger partial charge is 0.339 e. The number of nitrogens with zero attached hydrogens (tertiary/aromatic N) is 2. The number of rotatable bonds is 8. The number of carbonyl (C=O) groups is 2. The van der Waals surface area contributed by atoms with E-state index in [1.165, 1.54) is 73.7 Å². The Bertz CT molecular complexity index is 1540. The molecular weight excluding hydrogens is 500 g/mol. The molecule has 0 spiro atoms. The molecule has 0 aromatic heterocycles. The number of hydrogen-bond donors (Lipinski definition) is 2. The van der Waals surface area contributed by atoms with E-state index in [-0.39, 0.29) is 33.5 Å². The molecule has 11 nitrogen and oxygen atoms in total. The first-order valence-corrected chi connectivity index (χ1v) is 12.0. The monoisotopic (exact) mass is 520 g/mol. The molecular formula is C25H20N4O7S. The molecule has 0 saturated heterocycles. The standard InChI is InChI=1S/C25H20N4O7S/c1-16-3-12-23(24(13-16)29(32)33)28-25(31)19(15-26)14-18-4-8-21(9-5-18)36-37(34,35)22-10-6-20(7-11-22)27-17(2)30/h3-14H,1-2H3,(H,27,30)(H,28,31)/b19-14+. The molecule has 0 heterocycles. The van der Waals surface area contributed by atoms with Crippen molar-refractivity contribution in [2.45, 2.75) is 18.7 Å². The van der Waals surface area contributed by atoms with Gasteiger partial charge in [0.2, 0.25) is 5.91 Å². The fourth-order valence-electron chi connectivity index (χ4n) is 3.11. The van der Waals surface area contributed by atoms with Crippen LogP contribution in [0.3, 0.4) is 0 Å². The minimum Gasteiger partial charge on any atom is -0.379 e. The molecule has 188 valence electrons. The number of hydrogen-bond acceptors (Lipinski definition) is 8. The lowest BCUT2D eigenvalue weighted by atomic mass is 10.1. The van der Waals surface area contributed by atoms with Crippen LogP contribution < -0.4 is 14.8 Å². The molecule has 0 radical (unpaired) electrons. The van der Waals surface area contributed by atoms with Crippen LogP contribution in [0, 0.1) is 28.4 Å². The van der Waals surface area contributed by atoms with Crippen LogP contribution in [0.15, 0.2) is 77.2 Å². The van der Waals surface area contributed by atoms with Gasteiger partial charge in [0.25, 0.3) is 11.6 Å². The van der Waals surface area contributed by atoms with Crippen LogP contribution in [0.4, 0.5) is 17.1 Å². The van der Waals surface area contributed by atoms with Gasteiger partial charge in [-0.15, -0.1) is 0 Å². The molecule has 0 aliphatic rings. The maximum atomic E-state index is 12.6. The van der Waals surface area contributed by atoms with E-state index >= 15 is 0 Å². The van der Waals surface area contributed by atoms with Crippen molar-refractivity contribution in [3.8, 4) is 11.8 Å². The van der Waals surface area contributed by atoms with Gasteiger partial charge in [-0.25, -0.2) is 0 Å². The molecule has 0 aliphatic carbocycles. The molecule has 0 saturated carbocycles. The van der Waals surface area contributed by atoms with E-state index in [0.29, 0.717) is 16.8 Å². The first-order valence-electron chi connectivity index (χ1n) is 10.6. The zero-order valence-electron chi connectivity index (χ0n) is 19.6. The van der Waals surface area contributed by atoms with Gasteiger partial charge in [0.15, 0.2) is 0 Å². The quantitative estimate of drug-likeness (QED) is 0.147. The average molecular weight is 521 g/mol. The van der Waals surface area contributed by atoms with Gasteiger partial charge in [-0.3, -0.25) is 19.7 Å². The highest BCUT2D eigenvalue weighted by molar-refractivity contribution is 7.87. The van der Waals surface area contributed by atoms with Crippen molar-refractivity contribution < 1.29 is 27.1 Å². The van der Waals surface area contributed by atoms with Crippen molar-refractivity contribution in [1.82, 2.24) is 0 Å². The normalized spacial score (nSPS) is 11.2. The van der Waals surface area contributed by atoms with Crippen LogP contribution in [-0.4, -0.2) is 25.2 Å². The second-order valence-corrected chi connectivity index (χ2v) is 9.26. The van der Waals surface area contributed by atoms with Gasteiger partial charge < -0.3 is 14.8 Å². The van der Waals surface area contributed by atoms with Gasteiger partial charge in [-0.05, 0) is 66.6 Å². The highest BCUT2D eigenvalue weighted by Gasteiger charge is 2.19. The maximum absolute atomic E-state index is 12.6. The van der Waals surface area contributed by atoms with Gasteiger partial charge in [0.05, 0.1) is 4.92 Å². The number of nitro benzene ring substituents is 1. The van der Waals surface area contributed by atoms with Crippen molar-refractivity contribution in [2.75, 3.05) is 10.6 Å². The van der Waals surface area contributed by atoms with Gasteiger partial charge in [0.1, 0.15) is 28.0 Å². The Labute approximate surface area is 212 Å². The summed E-state index contributed by atoms with van der Waals surface area (Å²) in [6.07, 6.45) is 1.24. The summed E-state index contributed by atoms with van der Waals surface area (Å²) in [7, 11) is -4.16. The number of carbonyl (C=O) groups excluding carboxylic acids is 2. The van der Waals surface area contributed by atoms with E-state index in [0.717, 1.165) is 0 Å². The third kappa shape index (κ3) is 7.00. The first-order chi connectivity index (χ1) is 17.5. The molecule has 0 atom stereocenters. The lowest BCUT2D eigenvalue weighted by molar-refractivity contribution is -0.384. The summed E-state index contributed by atoms with van der Waals surface area (Å²) in [6, 6.07) is 17.0. The summed E-state index contributed by atoms with van der Waals surface area (Å²) in [5, 5.41) is 25.6. The van der Waals surface area contributed by atoms with E-state index in [1.807, 2.05) is 0 Å². The van der Waals surface area contributed by atoms with Gasteiger partial charge in [0, 0.05) is 18.7 Å². The second kappa shape index (κ2) is 11.1. The first kappa shape index (κ1) is 26.6. The molecule has 0 unspecified atom stereocenters. The Hall–Kier alpha value is -5.02. The van der Waals surface area contributed by atoms with Gasteiger partial charge >= 0.3 is 10.1 Å². The zero-order chi connectivity index (χ0) is 27.2. The SMILES string of the molecule is CC(=O)Nc1ccc(S(=O)(=O)Oc2ccc(/C=C(\C#N)C(=O)Nc3ccc(C)cc3[N+](=O)[O-])cc2)cc1. The molecule has 0 aliphatic heterocycles. The van der Waals surface area contributed by atoms with Crippen molar-refractivity contribution in [1.29, 1.82) is 5.26 Å². The van der Waals surface area contributed by atoms with E-state index in [4.69, 9.17) is 4.18 Å². The molecule has 3 aromatic rings. The predicted octanol–water partition coefficient (Wildman–Crippen LogP) is 4.18. The minimum absolute atomic E-state index is 0.0127. The second-order valence-electron chi connectivity index (χ2n) is 7.71. The molecule has 37 heavy (non-hydrogen) atoms. The fourth-order valence-corrected chi connectivity index (χ4v) is 4.04. The number of benzene rings is 3. The Kier molecular flexibility index (Phi) is 8.01. The number of nitro groups is 1. The van der Waals surface area contributed by atoms with Crippen LogP contribution in [0.2, 0.25) is 0 Å². The van der Waals surface area contributed by atoms with Crippen LogP contribution in [-0.2, 0) is 19.7 Å². The summed E-state index contributed by atoms with van der Waals surface area (Å²) >= 11 is 0. The molecule has 2 amide bonds. The number of aryl methyl sites for hydroxylation is 1. The van der Waals surface area contributed by atoms with Crippen molar-refractivity contribution in [2.24, 2.45) is 0 Å². The Morgan fingerprint density at radius 2 is 1.68 bits per heavy atom. The Balaban J connectivity index is 1.74. The molecule has 3 rings (SSSR count). The van der Waals surface area contributed by atoms with Crippen LogP contribution in [0.25, 0.3) is 6.08 Å². The van der Waals surface area contributed by atoms with E-state index in [1.54, 1.807) is 19.1 Å². The number of nitriles is 1. The van der Waals surface area contributed by atoms with Crippen LogP contribution >= 0.6 is 0 Å². The molecule has 3 aromatic carbocycles. The third-order valence-electron chi connectivity index (χ3n) is 4.82. The van der Waals surface area contributed by atoms with Crippen molar-refractivity contribution >= 4 is 45.1 Å². The van der Waals surface area contributed by atoms with Gasteiger partial charge in [-0.2, -0.15) is 13.7 Å². The minimum atomic E-state index is -4.16. The summed E-state index contributed by atoms with van der Waals surface area (Å²) in [6.45, 7) is 3.00. The number of nitrogens with one attached hydrogen (secondary N) is 2. The van der Waals surface area contributed by atoms with E-state index in [9.17, 15) is 33.4 Å². The van der Waals surface area contributed by atoms with E-state index in [2.05, 4.69) is 10.6 Å². The zero-order valence-corrected chi connectivity index (χ0v) is 20.4. The summed E-state index contributed by atoms with van der Waals surface area (Å²) < 4.78 is 30.2. The summed E-state index contributed by atoms with van der Waals surface area (Å²) in [4.78, 5) is 34.1. The molecule has 0 bridgehead atoms. The lowest BCUT2D eigenvalue weighted by Gasteiger charge is -2.09. The topological polar surface area (TPSA) is 168 Å². The number of amides is 2. The Morgan fingerprint density at radius 3 is 2.24 bits per heavy atom. The van der Waals surface area contributed by atoms with Crippen molar-refractivity contribution in [3.63, 3.8) is 0 Å². The fraction of sp³-hybridized carbons (Fsp3) is 0.0800. The average Bonchev–Trinajstić information content (AvgIpc) is 2.84. The van der Waals surface area contributed by atoms with Crippen LogP contribution in [0.1, 0.15) is 18.1 Å². The molecule has 12 heteroatoms. The third-order valence-corrected chi connectivity index (χ3v) is 6.08. The Morgan fingerprint density at radius 1 is 1.03 bits per heavy atom.